The standard InChI is InChI=1S/C13H19N3O2S/c1-2-18-13(17)10-19-12-9-14-8-11(15-12)16-6-4-3-5-7-16/h8-9H,2-7,10H2,1H3. The number of ether oxygens (including phenoxy) is 1. The molecule has 0 saturated carbocycles. The minimum Gasteiger partial charge on any atom is -0.465 e. The first kappa shape index (κ1) is 14.1. The summed E-state index contributed by atoms with van der Waals surface area (Å²) in [5, 5.41) is 0.774. The summed E-state index contributed by atoms with van der Waals surface area (Å²) in [4.78, 5) is 22.3. The van der Waals surface area contributed by atoms with E-state index in [1.54, 1.807) is 19.3 Å². The molecule has 0 atom stereocenters. The fourth-order valence-electron chi connectivity index (χ4n) is 2.02. The topological polar surface area (TPSA) is 55.3 Å². The molecule has 1 aliphatic heterocycles. The van der Waals surface area contributed by atoms with E-state index in [9.17, 15) is 4.79 Å². The van der Waals surface area contributed by atoms with E-state index >= 15 is 0 Å². The Morgan fingerprint density at radius 1 is 1.37 bits per heavy atom. The number of thioether (sulfide) groups is 1. The molecule has 0 bridgehead atoms. The Bertz CT molecular complexity index is 422. The van der Waals surface area contributed by atoms with Gasteiger partial charge in [-0.2, -0.15) is 0 Å². The van der Waals surface area contributed by atoms with E-state index < -0.39 is 0 Å². The lowest BCUT2D eigenvalue weighted by molar-refractivity contribution is -0.139. The van der Waals surface area contributed by atoms with Crippen molar-refractivity contribution in [3.8, 4) is 0 Å². The third kappa shape index (κ3) is 4.38. The van der Waals surface area contributed by atoms with Gasteiger partial charge in [0.15, 0.2) is 0 Å². The number of anilines is 1. The van der Waals surface area contributed by atoms with E-state index in [0.29, 0.717) is 6.61 Å². The highest BCUT2D eigenvalue weighted by Crippen LogP contribution is 2.21. The Kier molecular flexibility index (Phi) is 5.44. The van der Waals surface area contributed by atoms with Gasteiger partial charge in [-0.1, -0.05) is 11.8 Å². The molecule has 2 rings (SSSR count). The van der Waals surface area contributed by atoms with Gasteiger partial charge in [0.2, 0.25) is 0 Å². The maximum absolute atomic E-state index is 11.3. The quantitative estimate of drug-likeness (QED) is 0.608. The first-order chi connectivity index (χ1) is 9.29. The second-order valence-corrected chi connectivity index (χ2v) is 5.35. The van der Waals surface area contributed by atoms with Crippen LogP contribution in [-0.4, -0.2) is 41.4 Å². The smallest absolute Gasteiger partial charge is 0.316 e. The molecule has 2 heterocycles. The van der Waals surface area contributed by atoms with Crippen LogP contribution in [0.3, 0.4) is 0 Å². The van der Waals surface area contributed by atoms with E-state index in [2.05, 4.69) is 14.9 Å². The van der Waals surface area contributed by atoms with Crippen LogP contribution in [-0.2, 0) is 9.53 Å². The molecule has 1 saturated heterocycles. The number of esters is 1. The van der Waals surface area contributed by atoms with Crippen molar-refractivity contribution < 1.29 is 9.53 Å². The molecule has 0 aliphatic carbocycles. The van der Waals surface area contributed by atoms with E-state index in [-0.39, 0.29) is 11.7 Å². The van der Waals surface area contributed by atoms with Gasteiger partial charge >= 0.3 is 5.97 Å². The summed E-state index contributed by atoms with van der Waals surface area (Å²) < 4.78 is 4.89. The van der Waals surface area contributed by atoms with Crippen LogP contribution in [0.5, 0.6) is 0 Å². The zero-order chi connectivity index (χ0) is 13.5. The molecule has 5 nitrogen and oxygen atoms in total. The highest BCUT2D eigenvalue weighted by Gasteiger charge is 2.13. The summed E-state index contributed by atoms with van der Waals surface area (Å²) in [5.74, 6) is 0.984. The first-order valence-corrected chi connectivity index (χ1v) is 7.63. The molecule has 0 radical (unpaired) electrons. The molecular weight excluding hydrogens is 262 g/mol. The second-order valence-electron chi connectivity index (χ2n) is 4.36. The van der Waals surface area contributed by atoms with Crippen molar-refractivity contribution in [1.29, 1.82) is 0 Å². The van der Waals surface area contributed by atoms with Crippen molar-refractivity contribution in [2.45, 2.75) is 31.2 Å². The summed E-state index contributed by atoms with van der Waals surface area (Å²) in [7, 11) is 0. The molecule has 104 valence electrons. The molecule has 6 heteroatoms. The van der Waals surface area contributed by atoms with Crippen LogP contribution < -0.4 is 4.90 Å². The molecule has 0 N–H and O–H groups in total. The third-order valence-corrected chi connectivity index (χ3v) is 3.80. The van der Waals surface area contributed by atoms with Gasteiger partial charge in [-0.15, -0.1) is 0 Å². The number of hydrogen-bond donors (Lipinski definition) is 0. The largest absolute Gasteiger partial charge is 0.465 e. The van der Waals surface area contributed by atoms with Crippen molar-refractivity contribution in [3.05, 3.63) is 12.4 Å². The number of hydrogen-bond acceptors (Lipinski definition) is 6. The van der Waals surface area contributed by atoms with Crippen molar-refractivity contribution >= 4 is 23.5 Å². The van der Waals surface area contributed by atoms with Gasteiger partial charge in [0.25, 0.3) is 0 Å². The molecular formula is C13H19N3O2S. The van der Waals surface area contributed by atoms with Crippen molar-refractivity contribution in [1.82, 2.24) is 9.97 Å². The van der Waals surface area contributed by atoms with Crippen LogP contribution in [0.4, 0.5) is 5.82 Å². The summed E-state index contributed by atoms with van der Waals surface area (Å²) in [6.07, 6.45) is 7.20. The maximum Gasteiger partial charge on any atom is 0.316 e. The summed E-state index contributed by atoms with van der Waals surface area (Å²) in [5.41, 5.74) is 0. The Morgan fingerprint density at radius 3 is 2.89 bits per heavy atom. The fourth-order valence-corrected chi connectivity index (χ4v) is 2.66. The van der Waals surface area contributed by atoms with Crippen molar-refractivity contribution in [2.24, 2.45) is 0 Å². The minimum atomic E-state index is -0.210. The number of carbonyl (C=O) groups is 1. The number of nitrogens with zero attached hydrogens (tertiary/aromatic N) is 3. The highest BCUT2D eigenvalue weighted by molar-refractivity contribution is 7.99. The number of carbonyl (C=O) groups excluding carboxylic acids is 1. The highest BCUT2D eigenvalue weighted by atomic mass is 32.2. The van der Waals surface area contributed by atoms with Crippen LogP contribution in [0, 0.1) is 0 Å². The molecule has 1 fully saturated rings. The Labute approximate surface area is 117 Å². The van der Waals surface area contributed by atoms with Gasteiger partial charge in [0.1, 0.15) is 10.8 Å². The number of aromatic nitrogens is 2. The Balaban J connectivity index is 1.92. The molecule has 0 aromatic carbocycles. The zero-order valence-electron chi connectivity index (χ0n) is 11.2. The van der Waals surface area contributed by atoms with Gasteiger partial charge < -0.3 is 9.64 Å². The van der Waals surface area contributed by atoms with Crippen LogP contribution in [0.15, 0.2) is 17.4 Å². The summed E-state index contributed by atoms with van der Waals surface area (Å²) in [6.45, 7) is 4.31. The van der Waals surface area contributed by atoms with Crippen LogP contribution in [0.2, 0.25) is 0 Å². The van der Waals surface area contributed by atoms with Crippen molar-refractivity contribution in [2.75, 3.05) is 30.3 Å². The lowest BCUT2D eigenvalue weighted by atomic mass is 10.1. The Morgan fingerprint density at radius 2 is 2.16 bits per heavy atom. The van der Waals surface area contributed by atoms with Crippen LogP contribution >= 0.6 is 11.8 Å². The predicted molar refractivity (Wildman–Crippen MR) is 75.5 cm³/mol. The average Bonchev–Trinajstić information content (AvgIpc) is 2.47. The van der Waals surface area contributed by atoms with Gasteiger partial charge in [-0.25, -0.2) is 4.98 Å². The molecule has 19 heavy (non-hydrogen) atoms. The minimum absolute atomic E-state index is 0.210. The first-order valence-electron chi connectivity index (χ1n) is 6.65. The van der Waals surface area contributed by atoms with Gasteiger partial charge in [0.05, 0.1) is 24.8 Å². The third-order valence-electron chi connectivity index (χ3n) is 2.92. The lowest BCUT2D eigenvalue weighted by Crippen LogP contribution is -2.30. The zero-order valence-corrected chi connectivity index (χ0v) is 12.0. The van der Waals surface area contributed by atoms with Crippen LogP contribution in [0.25, 0.3) is 0 Å². The molecule has 1 aliphatic rings. The lowest BCUT2D eigenvalue weighted by Gasteiger charge is -2.27. The molecule has 0 spiro atoms. The second kappa shape index (κ2) is 7.33. The van der Waals surface area contributed by atoms with E-state index in [4.69, 9.17) is 4.74 Å². The maximum atomic E-state index is 11.3. The number of piperidine rings is 1. The molecule has 0 amide bonds. The predicted octanol–water partition coefficient (Wildman–Crippen LogP) is 2.12. The van der Waals surface area contributed by atoms with Crippen molar-refractivity contribution in [3.63, 3.8) is 0 Å². The molecule has 0 unspecified atom stereocenters. The van der Waals surface area contributed by atoms with Gasteiger partial charge in [-0.05, 0) is 26.2 Å². The summed E-state index contributed by atoms with van der Waals surface area (Å²) in [6, 6.07) is 0. The normalized spacial score (nSPS) is 15.3. The van der Waals surface area contributed by atoms with Crippen LogP contribution in [0.1, 0.15) is 26.2 Å². The van der Waals surface area contributed by atoms with E-state index in [1.807, 2.05) is 0 Å². The SMILES string of the molecule is CCOC(=O)CSc1cncc(N2CCCCC2)n1. The van der Waals surface area contributed by atoms with Gasteiger partial charge in [0, 0.05) is 13.1 Å². The molecule has 1 aromatic heterocycles. The number of rotatable bonds is 5. The van der Waals surface area contributed by atoms with Gasteiger partial charge in [-0.3, -0.25) is 9.78 Å². The van der Waals surface area contributed by atoms with E-state index in [1.165, 1.54) is 31.0 Å². The summed E-state index contributed by atoms with van der Waals surface area (Å²) >= 11 is 1.37. The molecule has 1 aromatic rings. The Hall–Kier alpha value is -1.30. The monoisotopic (exact) mass is 281 g/mol. The average molecular weight is 281 g/mol. The fraction of sp³-hybridized carbons (Fsp3) is 0.615. The van der Waals surface area contributed by atoms with E-state index in [0.717, 1.165) is 23.9 Å².